The number of carbonyl (C=O) groups excluding carboxylic acids is 1. The Balaban J connectivity index is 1.89. The molecule has 2 aromatic carbocycles. The van der Waals surface area contributed by atoms with Gasteiger partial charge in [0.15, 0.2) is 0 Å². The molecule has 0 aliphatic heterocycles. The minimum absolute atomic E-state index is 0.0213. The quantitative estimate of drug-likeness (QED) is 0.693. The number of aromatic nitrogens is 1. The van der Waals surface area contributed by atoms with Gasteiger partial charge in [0.05, 0.1) is 4.90 Å². The molecule has 0 bridgehead atoms. The molecule has 8 heteroatoms. The number of primary amides is 1. The molecule has 1 heterocycles. The zero-order chi connectivity index (χ0) is 18.9. The van der Waals surface area contributed by atoms with Gasteiger partial charge in [0.25, 0.3) is 0 Å². The molecule has 0 spiro atoms. The number of aromatic amines is 1. The summed E-state index contributed by atoms with van der Waals surface area (Å²) < 4.78 is 39.4. The van der Waals surface area contributed by atoms with E-state index < -0.39 is 15.9 Å². The first kappa shape index (κ1) is 18.1. The standard InChI is InChI=1S/C18H18FN3O3S/c1-22(9-8-18(20)23)26(24,25)14-5-2-12(3-6-14)16-11-21-17-10-13(19)4-7-15(16)17/h2-7,10-11,21H,8-9H2,1H3,(H2,20,23). The summed E-state index contributed by atoms with van der Waals surface area (Å²) in [5, 5.41) is 0.848. The summed E-state index contributed by atoms with van der Waals surface area (Å²) in [6.07, 6.45) is 1.71. The number of amides is 1. The highest BCUT2D eigenvalue weighted by atomic mass is 32.2. The van der Waals surface area contributed by atoms with Crippen LogP contribution in [0.4, 0.5) is 4.39 Å². The number of benzene rings is 2. The molecule has 0 saturated carbocycles. The van der Waals surface area contributed by atoms with Crippen LogP contribution in [0.5, 0.6) is 0 Å². The van der Waals surface area contributed by atoms with Crippen LogP contribution in [-0.4, -0.2) is 37.2 Å². The van der Waals surface area contributed by atoms with Gasteiger partial charge in [-0.2, -0.15) is 0 Å². The van der Waals surface area contributed by atoms with Crippen LogP contribution in [0.2, 0.25) is 0 Å². The van der Waals surface area contributed by atoms with E-state index in [1.165, 1.54) is 31.3 Å². The maximum Gasteiger partial charge on any atom is 0.242 e. The molecule has 3 aromatic rings. The normalized spacial score (nSPS) is 12.0. The first-order valence-electron chi connectivity index (χ1n) is 7.91. The van der Waals surface area contributed by atoms with E-state index in [-0.39, 0.29) is 23.7 Å². The van der Waals surface area contributed by atoms with Gasteiger partial charge in [-0.25, -0.2) is 17.1 Å². The number of rotatable bonds is 6. The van der Waals surface area contributed by atoms with Crippen molar-refractivity contribution in [2.24, 2.45) is 5.73 Å². The Labute approximate surface area is 150 Å². The molecule has 0 fully saturated rings. The van der Waals surface area contributed by atoms with Gasteiger partial charge in [-0.05, 0) is 35.9 Å². The minimum atomic E-state index is -3.70. The van der Waals surface area contributed by atoms with E-state index >= 15 is 0 Å². The Morgan fingerprint density at radius 3 is 2.54 bits per heavy atom. The Hall–Kier alpha value is -2.71. The van der Waals surface area contributed by atoms with Crippen LogP contribution in [0, 0.1) is 5.82 Å². The average molecular weight is 375 g/mol. The number of hydrogen-bond donors (Lipinski definition) is 2. The van der Waals surface area contributed by atoms with Crippen LogP contribution in [0.25, 0.3) is 22.0 Å². The molecule has 1 amide bonds. The zero-order valence-electron chi connectivity index (χ0n) is 14.1. The van der Waals surface area contributed by atoms with Crippen molar-refractivity contribution in [3.05, 3.63) is 54.5 Å². The molecule has 0 aliphatic rings. The van der Waals surface area contributed by atoms with Gasteiger partial charge in [0, 0.05) is 42.7 Å². The van der Waals surface area contributed by atoms with Crippen molar-refractivity contribution >= 4 is 26.8 Å². The maximum atomic E-state index is 13.3. The highest BCUT2D eigenvalue weighted by molar-refractivity contribution is 7.89. The average Bonchev–Trinajstić information content (AvgIpc) is 3.02. The molecule has 0 unspecified atom stereocenters. The number of nitrogens with one attached hydrogen (secondary N) is 1. The van der Waals surface area contributed by atoms with Crippen LogP contribution in [0.1, 0.15) is 6.42 Å². The van der Waals surface area contributed by atoms with Crippen molar-refractivity contribution in [1.29, 1.82) is 0 Å². The molecule has 0 radical (unpaired) electrons. The van der Waals surface area contributed by atoms with E-state index in [1.54, 1.807) is 24.4 Å². The summed E-state index contributed by atoms with van der Waals surface area (Å²) in [5.74, 6) is -0.885. The van der Waals surface area contributed by atoms with Crippen LogP contribution in [-0.2, 0) is 14.8 Å². The molecular formula is C18H18FN3O3S. The number of sulfonamides is 1. The number of carbonyl (C=O) groups is 1. The summed E-state index contributed by atoms with van der Waals surface area (Å²) in [6.45, 7) is 0.0213. The summed E-state index contributed by atoms with van der Waals surface area (Å²) in [6, 6.07) is 10.9. The van der Waals surface area contributed by atoms with Crippen molar-refractivity contribution in [3.8, 4) is 11.1 Å². The van der Waals surface area contributed by atoms with Crippen molar-refractivity contribution < 1.29 is 17.6 Å². The molecular weight excluding hydrogens is 357 g/mol. The lowest BCUT2D eigenvalue weighted by Crippen LogP contribution is -2.30. The second-order valence-electron chi connectivity index (χ2n) is 5.96. The predicted molar refractivity (Wildman–Crippen MR) is 97.3 cm³/mol. The fourth-order valence-corrected chi connectivity index (χ4v) is 3.88. The van der Waals surface area contributed by atoms with Gasteiger partial charge in [-0.15, -0.1) is 0 Å². The van der Waals surface area contributed by atoms with Crippen LogP contribution in [0.15, 0.2) is 53.6 Å². The van der Waals surface area contributed by atoms with Gasteiger partial charge in [0.1, 0.15) is 5.82 Å². The van der Waals surface area contributed by atoms with Crippen molar-refractivity contribution in [1.82, 2.24) is 9.29 Å². The molecule has 0 saturated heterocycles. The second-order valence-corrected chi connectivity index (χ2v) is 8.00. The maximum absolute atomic E-state index is 13.3. The molecule has 0 atom stereocenters. The Morgan fingerprint density at radius 1 is 1.19 bits per heavy atom. The van der Waals surface area contributed by atoms with E-state index in [4.69, 9.17) is 5.73 Å². The first-order chi connectivity index (χ1) is 12.3. The fourth-order valence-electron chi connectivity index (χ4n) is 2.71. The van der Waals surface area contributed by atoms with E-state index in [1.807, 2.05) is 0 Å². The molecule has 3 rings (SSSR count). The van der Waals surface area contributed by atoms with Gasteiger partial charge in [0.2, 0.25) is 15.9 Å². The summed E-state index contributed by atoms with van der Waals surface area (Å²) in [7, 11) is -2.30. The molecule has 1 aromatic heterocycles. The number of halogens is 1. The third-order valence-corrected chi connectivity index (χ3v) is 6.06. The highest BCUT2D eigenvalue weighted by Crippen LogP contribution is 2.30. The fraction of sp³-hybridized carbons (Fsp3) is 0.167. The van der Waals surface area contributed by atoms with Crippen LogP contribution >= 0.6 is 0 Å². The number of fused-ring (bicyclic) bond motifs is 1. The smallest absolute Gasteiger partial charge is 0.242 e. The molecule has 136 valence electrons. The number of H-pyrrole nitrogens is 1. The predicted octanol–water partition coefficient (Wildman–Crippen LogP) is 2.47. The third kappa shape index (κ3) is 3.47. The SMILES string of the molecule is CN(CCC(N)=O)S(=O)(=O)c1ccc(-c2c[nH]c3cc(F)ccc23)cc1. The van der Waals surface area contributed by atoms with Crippen molar-refractivity contribution in [2.45, 2.75) is 11.3 Å². The lowest BCUT2D eigenvalue weighted by Gasteiger charge is -2.16. The van der Waals surface area contributed by atoms with Gasteiger partial charge >= 0.3 is 0 Å². The second kappa shape index (κ2) is 6.89. The topological polar surface area (TPSA) is 96.3 Å². The third-order valence-electron chi connectivity index (χ3n) is 4.19. The summed E-state index contributed by atoms with van der Waals surface area (Å²) in [4.78, 5) is 14.0. The number of nitrogens with zero attached hydrogens (tertiary/aromatic N) is 1. The van der Waals surface area contributed by atoms with Gasteiger partial charge < -0.3 is 10.7 Å². The monoisotopic (exact) mass is 375 g/mol. The first-order valence-corrected chi connectivity index (χ1v) is 9.35. The minimum Gasteiger partial charge on any atom is -0.370 e. The van der Waals surface area contributed by atoms with E-state index in [0.717, 1.165) is 20.8 Å². The van der Waals surface area contributed by atoms with E-state index in [0.29, 0.717) is 5.52 Å². The van der Waals surface area contributed by atoms with Crippen molar-refractivity contribution in [3.63, 3.8) is 0 Å². The zero-order valence-corrected chi connectivity index (χ0v) is 14.9. The number of hydrogen-bond acceptors (Lipinski definition) is 3. The molecule has 26 heavy (non-hydrogen) atoms. The van der Waals surface area contributed by atoms with Crippen LogP contribution < -0.4 is 5.73 Å². The summed E-state index contributed by atoms with van der Waals surface area (Å²) in [5.41, 5.74) is 7.39. The van der Waals surface area contributed by atoms with Gasteiger partial charge in [-0.1, -0.05) is 12.1 Å². The Bertz CT molecular complexity index is 1060. The Kier molecular flexibility index (Phi) is 4.80. The van der Waals surface area contributed by atoms with E-state index in [9.17, 15) is 17.6 Å². The van der Waals surface area contributed by atoms with Gasteiger partial charge in [-0.3, -0.25) is 4.79 Å². The van der Waals surface area contributed by atoms with Crippen LogP contribution in [0.3, 0.4) is 0 Å². The lowest BCUT2D eigenvalue weighted by atomic mass is 10.1. The summed E-state index contributed by atoms with van der Waals surface area (Å²) >= 11 is 0. The largest absolute Gasteiger partial charge is 0.370 e. The van der Waals surface area contributed by atoms with E-state index in [2.05, 4.69) is 4.98 Å². The highest BCUT2D eigenvalue weighted by Gasteiger charge is 2.21. The number of nitrogens with two attached hydrogens (primary N) is 1. The molecule has 6 nitrogen and oxygen atoms in total. The Morgan fingerprint density at radius 2 is 1.88 bits per heavy atom. The molecule has 3 N–H and O–H groups in total. The lowest BCUT2D eigenvalue weighted by molar-refractivity contribution is -0.118. The van der Waals surface area contributed by atoms with Crippen molar-refractivity contribution in [2.75, 3.05) is 13.6 Å². The molecule has 0 aliphatic carbocycles.